The third-order valence-electron chi connectivity index (χ3n) is 2.00. The van der Waals surface area contributed by atoms with E-state index in [1.807, 2.05) is 6.07 Å². The summed E-state index contributed by atoms with van der Waals surface area (Å²) in [6.07, 6.45) is 1.42. The summed E-state index contributed by atoms with van der Waals surface area (Å²) in [5, 5.41) is 9.38. The summed E-state index contributed by atoms with van der Waals surface area (Å²) in [7, 11) is 0. The minimum Gasteiger partial charge on any atom is -0.437 e. The van der Waals surface area contributed by atoms with Crippen molar-refractivity contribution in [3.8, 4) is 17.7 Å². The molecule has 3 nitrogen and oxygen atoms in total. The molecule has 0 spiro atoms. The van der Waals surface area contributed by atoms with Crippen LogP contribution in [0.15, 0.2) is 36.5 Å². The number of pyridine rings is 1. The molecule has 2 aromatic rings. The number of rotatable bonds is 2. The van der Waals surface area contributed by atoms with E-state index in [0.29, 0.717) is 27.2 Å². The smallest absolute Gasteiger partial charge is 0.219 e. The lowest BCUT2D eigenvalue weighted by Gasteiger charge is -2.06. The zero-order valence-corrected chi connectivity index (χ0v) is 10.0. The van der Waals surface area contributed by atoms with Crippen LogP contribution in [-0.2, 0) is 0 Å². The highest BCUT2D eigenvalue weighted by atomic mass is 35.5. The molecule has 1 aromatic heterocycles. The van der Waals surface area contributed by atoms with Gasteiger partial charge in [-0.05, 0) is 18.2 Å². The third-order valence-corrected chi connectivity index (χ3v) is 2.80. The van der Waals surface area contributed by atoms with Crippen LogP contribution in [0, 0.1) is 11.3 Å². The number of hydrogen-bond donors (Lipinski definition) is 0. The Bertz CT molecular complexity index is 576. The van der Waals surface area contributed by atoms with Gasteiger partial charge in [0.15, 0.2) is 0 Å². The molecule has 0 saturated carbocycles. The lowest BCUT2D eigenvalue weighted by atomic mass is 10.3. The predicted molar refractivity (Wildman–Crippen MR) is 65.5 cm³/mol. The van der Waals surface area contributed by atoms with Crippen LogP contribution in [0.5, 0.6) is 11.6 Å². The zero-order valence-electron chi connectivity index (χ0n) is 8.52. The summed E-state index contributed by atoms with van der Waals surface area (Å²) in [5.41, 5.74) is 0.467. The van der Waals surface area contributed by atoms with Crippen LogP contribution in [0.25, 0.3) is 0 Å². The van der Waals surface area contributed by atoms with E-state index < -0.39 is 0 Å². The van der Waals surface area contributed by atoms with Crippen molar-refractivity contribution in [2.75, 3.05) is 0 Å². The Hall–Kier alpha value is -1.76. The largest absolute Gasteiger partial charge is 0.437 e. The maximum atomic E-state index is 8.63. The molecule has 1 aromatic carbocycles. The topological polar surface area (TPSA) is 45.9 Å². The molecule has 0 saturated heterocycles. The van der Waals surface area contributed by atoms with E-state index in [-0.39, 0.29) is 0 Å². The van der Waals surface area contributed by atoms with Crippen LogP contribution >= 0.6 is 23.2 Å². The fraction of sp³-hybridized carbons (Fsp3) is 0. The molecule has 0 aliphatic rings. The molecule has 0 amide bonds. The molecule has 1 heterocycles. The molecule has 0 N–H and O–H groups in total. The summed E-state index contributed by atoms with van der Waals surface area (Å²) >= 11 is 11.8. The monoisotopic (exact) mass is 264 g/mol. The number of nitriles is 1. The van der Waals surface area contributed by atoms with E-state index in [1.165, 1.54) is 6.20 Å². The number of benzene rings is 1. The van der Waals surface area contributed by atoms with Crippen LogP contribution in [-0.4, -0.2) is 4.98 Å². The van der Waals surface area contributed by atoms with Crippen molar-refractivity contribution < 1.29 is 4.74 Å². The first-order valence-corrected chi connectivity index (χ1v) is 5.44. The molecular weight excluding hydrogens is 259 g/mol. The maximum Gasteiger partial charge on any atom is 0.219 e. The normalized spacial score (nSPS) is 9.71. The standard InChI is InChI=1S/C12H6Cl2N2O/c13-9-2-1-3-10(12(9)14)17-11-5-4-8(6-15)7-16-11/h1-5,7H. The molecule has 0 aliphatic heterocycles. The maximum absolute atomic E-state index is 8.63. The Balaban J connectivity index is 2.26. The molecule has 5 heteroatoms. The number of aromatic nitrogens is 1. The van der Waals surface area contributed by atoms with Gasteiger partial charge in [0.1, 0.15) is 16.8 Å². The van der Waals surface area contributed by atoms with Crippen molar-refractivity contribution in [3.05, 3.63) is 52.1 Å². The van der Waals surface area contributed by atoms with Crippen molar-refractivity contribution >= 4 is 23.2 Å². The van der Waals surface area contributed by atoms with Gasteiger partial charge in [-0.15, -0.1) is 0 Å². The van der Waals surface area contributed by atoms with E-state index in [9.17, 15) is 0 Å². The van der Waals surface area contributed by atoms with Crippen molar-refractivity contribution in [3.63, 3.8) is 0 Å². The van der Waals surface area contributed by atoms with Gasteiger partial charge in [0.05, 0.1) is 10.6 Å². The van der Waals surface area contributed by atoms with Gasteiger partial charge in [-0.25, -0.2) is 4.98 Å². The highest BCUT2D eigenvalue weighted by Gasteiger charge is 2.07. The van der Waals surface area contributed by atoms with Gasteiger partial charge in [0.25, 0.3) is 0 Å². The van der Waals surface area contributed by atoms with Crippen LogP contribution in [0.1, 0.15) is 5.56 Å². The van der Waals surface area contributed by atoms with E-state index in [1.54, 1.807) is 30.3 Å². The average Bonchev–Trinajstić information content (AvgIpc) is 2.36. The van der Waals surface area contributed by atoms with Gasteiger partial charge in [-0.3, -0.25) is 0 Å². The Kier molecular flexibility index (Phi) is 3.48. The first kappa shape index (κ1) is 11.7. The number of halogens is 2. The molecule has 17 heavy (non-hydrogen) atoms. The van der Waals surface area contributed by atoms with Crippen molar-refractivity contribution in [1.82, 2.24) is 4.98 Å². The van der Waals surface area contributed by atoms with Crippen molar-refractivity contribution in [1.29, 1.82) is 5.26 Å². The van der Waals surface area contributed by atoms with Gasteiger partial charge in [-0.1, -0.05) is 29.3 Å². The third kappa shape index (κ3) is 2.68. The van der Waals surface area contributed by atoms with Gasteiger partial charge in [-0.2, -0.15) is 5.26 Å². The van der Waals surface area contributed by atoms with Crippen molar-refractivity contribution in [2.45, 2.75) is 0 Å². The summed E-state index contributed by atoms with van der Waals surface area (Å²) in [6.45, 7) is 0. The van der Waals surface area contributed by atoms with Crippen LogP contribution < -0.4 is 4.74 Å². The van der Waals surface area contributed by atoms with Gasteiger partial charge < -0.3 is 4.74 Å². The molecule has 0 bridgehead atoms. The summed E-state index contributed by atoms with van der Waals surface area (Å²) < 4.78 is 5.45. The Morgan fingerprint density at radius 2 is 2.00 bits per heavy atom. The highest BCUT2D eigenvalue weighted by Crippen LogP contribution is 2.33. The second kappa shape index (κ2) is 5.05. The molecule has 2 rings (SSSR count). The van der Waals surface area contributed by atoms with E-state index in [0.717, 1.165) is 0 Å². The molecule has 0 radical (unpaired) electrons. The quantitative estimate of drug-likeness (QED) is 0.822. The lowest BCUT2D eigenvalue weighted by Crippen LogP contribution is -1.89. The fourth-order valence-corrected chi connectivity index (χ4v) is 1.51. The Morgan fingerprint density at radius 3 is 2.65 bits per heavy atom. The van der Waals surface area contributed by atoms with Crippen LogP contribution in [0.2, 0.25) is 10.0 Å². The lowest BCUT2D eigenvalue weighted by molar-refractivity contribution is 0.463. The first-order chi connectivity index (χ1) is 8.20. The molecular formula is C12H6Cl2N2O. The SMILES string of the molecule is N#Cc1ccc(Oc2cccc(Cl)c2Cl)nc1. The Labute approximate surface area is 108 Å². The second-order valence-electron chi connectivity index (χ2n) is 3.15. The molecule has 0 atom stereocenters. The van der Waals surface area contributed by atoms with Gasteiger partial charge >= 0.3 is 0 Å². The van der Waals surface area contributed by atoms with E-state index in [4.69, 9.17) is 33.2 Å². The summed E-state index contributed by atoms with van der Waals surface area (Å²) in [4.78, 5) is 3.97. The fourth-order valence-electron chi connectivity index (χ4n) is 1.18. The Morgan fingerprint density at radius 1 is 1.18 bits per heavy atom. The second-order valence-corrected chi connectivity index (χ2v) is 3.94. The first-order valence-electron chi connectivity index (χ1n) is 4.69. The van der Waals surface area contributed by atoms with Crippen molar-refractivity contribution in [2.24, 2.45) is 0 Å². The molecule has 0 fully saturated rings. The number of nitrogens with zero attached hydrogens (tertiary/aromatic N) is 2. The molecule has 84 valence electrons. The minimum atomic E-state index is 0.334. The van der Waals surface area contributed by atoms with E-state index >= 15 is 0 Å². The summed E-state index contributed by atoms with van der Waals surface area (Å²) in [6, 6.07) is 10.3. The van der Waals surface area contributed by atoms with Crippen LogP contribution in [0.3, 0.4) is 0 Å². The summed E-state index contributed by atoms with van der Waals surface area (Å²) in [5.74, 6) is 0.782. The zero-order chi connectivity index (χ0) is 12.3. The van der Waals surface area contributed by atoms with E-state index in [2.05, 4.69) is 4.98 Å². The molecule has 0 aliphatic carbocycles. The molecule has 0 unspecified atom stereocenters. The predicted octanol–water partition coefficient (Wildman–Crippen LogP) is 4.05. The number of ether oxygens (including phenoxy) is 1. The number of hydrogen-bond acceptors (Lipinski definition) is 3. The van der Waals surface area contributed by atoms with Crippen LogP contribution in [0.4, 0.5) is 0 Å². The minimum absolute atomic E-state index is 0.334. The van der Waals surface area contributed by atoms with Gasteiger partial charge in [0, 0.05) is 12.3 Å². The average molecular weight is 265 g/mol. The van der Waals surface area contributed by atoms with Gasteiger partial charge in [0.2, 0.25) is 5.88 Å². The highest BCUT2D eigenvalue weighted by molar-refractivity contribution is 6.42.